The van der Waals surface area contributed by atoms with E-state index in [1.165, 1.54) is 12.1 Å². The maximum absolute atomic E-state index is 12.0. The predicted molar refractivity (Wildman–Crippen MR) is 64.4 cm³/mol. The van der Waals surface area contributed by atoms with Gasteiger partial charge in [0.1, 0.15) is 5.75 Å². The zero-order valence-corrected chi connectivity index (χ0v) is 10.3. The quantitative estimate of drug-likeness (QED) is 0.812. The topological polar surface area (TPSA) is 21.3 Å². The molecule has 0 saturated heterocycles. The van der Waals surface area contributed by atoms with Crippen molar-refractivity contribution in [3.63, 3.8) is 0 Å². The third kappa shape index (κ3) is 5.23. The van der Waals surface area contributed by atoms with Gasteiger partial charge < -0.3 is 10.1 Å². The molecule has 1 aromatic rings. The molecular formula is C13H16F3NO. The van der Waals surface area contributed by atoms with Gasteiger partial charge in [-0.15, -0.1) is 13.2 Å². The normalized spacial score (nSPS) is 13.2. The molecule has 2 nitrogen and oxygen atoms in total. The second-order valence-corrected chi connectivity index (χ2v) is 4.18. The van der Waals surface area contributed by atoms with Gasteiger partial charge in [-0.2, -0.15) is 0 Å². The Hall–Kier alpha value is -1.49. The van der Waals surface area contributed by atoms with Crippen LogP contribution in [0, 0.1) is 0 Å². The van der Waals surface area contributed by atoms with Crippen LogP contribution in [0.3, 0.4) is 0 Å². The molecule has 1 N–H and O–H groups in total. The average molecular weight is 259 g/mol. The van der Waals surface area contributed by atoms with Crippen molar-refractivity contribution in [2.45, 2.75) is 26.3 Å². The molecule has 0 aliphatic carbocycles. The summed E-state index contributed by atoms with van der Waals surface area (Å²) in [6.07, 6.45) is -4.65. The number of hydrogen-bond donors (Lipinski definition) is 1. The number of hydrogen-bond acceptors (Lipinski definition) is 2. The molecule has 1 unspecified atom stereocenters. The van der Waals surface area contributed by atoms with E-state index in [-0.39, 0.29) is 11.8 Å². The SMILES string of the molecule is C=C(C)CNC(C)c1ccc(OC(F)(F)F)cc1. The summed E-state index contributed by atoms with van der Waals surface area (Å²) in [6.45, 7) is 8.27. The van der Waals surface area contributed by atoms with Crippen LogP contribution in [0.4, 0.5) is 13.2 Å². The highest BCUT2D eigenvalue weighted by Crippen LogP contribution is 2.24. The first kappa shape index (κ1) is 14.6. The first-order valence-electron chi connectivity index (χ1n) is 5.51. The highest BCUT2D eigenvalue weighted by atomic mass is 19.4. The largest absolute Gasteiger partial charge is 0.573 e. The van der Waals surface area contributed by atoms with Gasteiger partial charge in [-0.1, -0.05) is 24.3 Å². The van der Waals surface area contributed by atoms with Crippen molar-refractivity contribution < 1.29 is 17.9 Å². The molecule has 0 bridgehead atoms. The summed E-state index contributed by atoms with van der Waals surface area (Å²) >= 11 is 0. The smallest absolute Gasteiger partial charge is 0.406 e. The molecule has 0 heterocycles. The molecule has 0 fully saturated rings. The molecule has 0 aliphatic rings. The van der Waals surface area contributed by atoms with Crippen molar-refractivity contribution in [1.29, 1.82) is 0 Å². The van der Waals surface area contributed by atoms with Crippen molar-refractivity contribution in [2.75, 3.05) is 6.54 Å². The fourth-order valence-electron chi connectivity index (χ4n) is 1.40. The van der Waals surface area contributed by atoms with E-state index in [0.717, 1.165) is 11.1 Å². The Kier molecular flexibility index (Phi) is 4.78. The summed E-state index contributed by atoms with van der Waals surface area (Å²) in [4.78, 5) is 0. The molecule has 1 rings (SSSR count). The molecule has 5 heteroatoms. The van der Waals surface area contributed by atoms with Crippen LogP contribution >= 0.6 is 0 Å². The molecule has 0 radical (unpaired) electrons. The molecule has 18 heavy (non-hydrogen) atoms. The lowest BCUT2D eigenvalue weighted by Gasteiger charge is -2.15. The lowest BCUT2D eigenvalue weighted by atomic mass is 10.1. The van der Waals surface area contributed by atoms with Crippen LogP contribution in [-0.2, 0) is 0 Å². The standard InChI is InChI=1S/C13H16F3NO/c1-9(2)8-17-10(3)11-4-6-12(7-5-11)18-13(14,15)16/h4-7,10,17H,1,8H2,2-3H3. The zero-order chi connectivity index (χ0) is 13.8. The minimum absolute atomic E-state index is 0.0432. The number of halogens is 3. The third-order valence-corrected chi connectivity index (χ3v) is 2.32. The van der Waals surface area contributed by atoms with Crippen LogP contribution in [-0.4, -0.2) is 12.9 Å². The van der Waals surface area contributed by atoms with Gasteiger partial charge in [0, 0.05) is 12.6 Å². The molecule has 0 spiro atoms. The minimum atomic E-state index is -4.65. The van der Waals surface area contributed by atoms with E-state index in [1.54, 1.807) is 12.1 Å². The lowest BCUT2D eigenvalue weighted by Crippen LogP contribution is -2.20. The van der Waals surface area contributed by atoms with Gasteiger partial charge in [0.15, 0.2) is 0 Å². The highest BCUT2D eigenvalue weighted by molar-refractivity contribution is 5.29. The van der Waals surface area contributed by atoms with Crippen molar-refractivity contribution >= 4 is 0 Å². The van der Waals surface area contributed by atoms with Gasteiger partial charge in [0.2, 0.25) is 0 Å². The number of benzene rings is 1. The van der Waals surface area contributed by atoms with Gasteiger partial charge in [-0.3, -0.25) is 0 Å². The third-order valence-electron chi connectivity index (χ3n) is 2.32. The maximum atomic E-state index is 12.0. The second kappa shape index (κ2) is 5.91. The lowest BCUT2D eigenvalue weighted by molar-refractivity contribution is -0.274. The number of ether oxygens (including phenoxy) is 1. The Morgan fingerprint density at radius 1 is 1.33 bits per heavy atom. The summed E-state index contributed by atoms with van der Waals surface area (Å²) in [6, 6.07) is 5.87. The molecule has 0 aliphatic heterocycles. The van der Waals surface area contributed by atoms with E-state index in [1.807, 2.05) is 13.8 Å². The van der Waals surface area contributed by atoms with E-state index in [9.17, 15) is 13.2 Å². The average Bonchev–Trinajstić information content (AvgIpc) is 2.24. The summed E-state index contributed by atoms with van der Waals surface area (Å²) in [5.41, 5.74) is 1.89. The van der Waals surface area contributed by atoms with E-state index in [4.69, 9.17) is 0 Å². The molecule has 1 atom stereocenters. The predicted octanol–water partition coefficient (Wildman–Crippen LogP) is 3.81. The molecule has 0 saturated carbocycles. The molecular weight excluding hydrogens is 243 g/mol. The fourth-order valence-corrected chi connectivity index (χ4v) is 1.40. The van der Waals surface area contributed by atoms with Gasteiger partial charge in [-0.05, 0) is 31.5 Å². The monoisotopic (exact) mass is 259 g/mol. The molecule has 0 aromatic heterocycles. The minimum Gasteiger partial charge on any atom is -0.406 e. The van der Waals surface area contributed by atoms with Gasteiger partial charge in [-0.25, -0.2) is 0 Å². The Morgan fingerprint density at radius 2 is 1.89 bits per heavy atom. The molecule has 0 amide bonds. The van der Waals surface area contributed by atoms with Gasteiger partial charge >= 0.3 is 6.36 Å². The van der Waals surface area contributed by atoms with Gasteiger partial charge in [0.25, 0.3) is 0 Å². The van der Waals surface area contributed by atoms with Crippen LogP contribution in [0.5, 0.6) is 5.75 Å². The van der Waals surface area contributed by atoms with E-state index in [0.29, 0.717) is 6.54 Å². The van der Waals surface area contributed by atoms with Crippen LogP contribution in [0.2, 0.25) is 0 Å². The Morgan fingerprint density at radius 3 is 2.33 bits per heavy atom. The van der Waals surface area contributed by atoms with Crippen molar-refractivity contribution in [3.8, 4) is 5.75 Å². The van der Waals surface area contributed by atoms with Crippen LogP contribution in [0.1, 0.15) is 25.5 Å². The number of alkyl halides is 3. The fraction of sp³-hybridized carbons (Fsp3) is 0.385. The Labute approximate surface area is 104 Å². The van der Waals surface area contributed by atoms with Gasteiger partial charge in [0.05, 0.1) is 0 Å². The van der Waals surface area contributed by atoms with E-state index < -0.39 is 6.36 Å². The second-order valence-electron chi connectivity index (χ2n) is 4.18. The first-order valence-corrected chi connectivity index (χ1v) is 5.51. The van der Waals surface area contributed by atoms with Crippen molar-refractivity contribution in [3.05, 3.63) is 42.0 Å². The van der Waals surface area contributed by atoms with Crippen molar-refractivity contribution in [2.24, 2.45) is 0 Å². The number of nitrogens with one attached hydrogen (secondary N) is 1. The number of rotatable bonds is 5. The van der Waals surface area contributed by atoms with E-state index in [2.05, 4.69) is 16.6 Å². The highest BCUT2D eigenvalue weighted by Gasteiger charge is 2.30. The zero-order valence-electron chi connectivity index (χ0n) is 10.3. The van der Waals surface area contributed by atoms with Crippen LogP contribution in [0.25, 0.3) is 0 Å². The summed E-state index contributed by atoms with van der Waals surface area (Å²) < 4.78 is 39.7. The summed E-state index contributed by atoms with van der Waals surface area (Å²) in [7, 11) is 0. The Bertz CT molecular complexity index is 398. The van der Waals surface area contributed by atoms with E-state index >= 15 is 0 Å². The van der Waals surface area contributed by atoms with Crippen LogP contribution < -0.4 is 10.1 Å². The molecule has 100 valence electrons. The Balaban J connectivity index is 2.62. The summed E-state index contributed by atoms with van der Waals surface area (Å²) in [5, 5.41) is 3.20. The van der Waals surface area contributed by atoms with Crippen molar-refractivity contribution in [1.82, 2.24) is 5.32 Å². The first-order chi connectivity index (χ1) is 8.28. The summed E-state index contributed by atoms with van der Waals surface area (Å²) in [5.74, 6) is -0.210. The molecule has 1 aromatic carbocycles. The van der Waals surface area contributed by atoms with Crippen LogP contribution in [0.15, 0.2) is 36.4 Å². The maximum Gasteiger partial charge on any atom is 0.573 e.